The lowest BCUT2D eigenvalue weighted by atomic mass is 10.0. The van der Waals surface area contributed by atoms with E-state index in [1.54, 1.807) is 4.90 Å². The lowest BCUT2D eigenvalue weighted by Gasteiger charge is -2.23. The summed E-state index contributed by atoms with van der Waals surface area (Å²) in [4.78, 5) is 13.9. The predicted octanol–water partition coefficient (Wildman–Crippen LogP) is 2.84. The fourth-order valence-corrected chi connectivity index (χ4v) is 2.36. The van der Waals surface area contributed by atoms with Crippen LogP contribution in [0.4, 0.5) is 0 Å². The molecular formula is C17H28N2O. The third-order valence-corrected chi connectivity index (χ3v) is 3.48. The lowest BCUT2D eigenvalue weighted by molar-refractivity contribution is -0.131. The van der Waals surface area contributed by atoms with E-state index in [2.05, 4.69) is 50.4 Å². The second-order valence-electron chi connectivity index (χ2n) is 5.92. The number of rotatable bonds is 7. The molecule has 1 aromatic carbocycles. The molecule has 0 heterocycles. The second-order valence-corrected chi connectivity index (χ2v) is 5.92. The average molecular weight is 276 g/mol. The van der Waals surface area contributed by atoms with Crippen molar-refractivity contribution >= 4 is 5.91 Å². The zero-order chi connectivity index (χ0) is 15.1. The molecule has 1 N–H and O–H groups in total. The van der Waals surface area contributed by atoms with Crippen molar-refractivity contribution in [1.29, 1.82) is 0 Å². The highest BCUT2D eigenvalue weighted by Gasteiger charge is 2.20. The normalized spacial score (nSPS) is 12.5. The number of aryl methyl sites for hydroxylation is 1. The molecule has 112 valence electrons. The van der Waals surface area contributed by atoms with Gasteiger partial charge in [0.25, 0.3) is 0 Å². The third kappa shape index (κ3) is 4.97. The molecule has 0 saturated heterocycles. The van der Waals surface area contributed by atoms with Crippen LogP contribution in [0, 0.1) is 5.92 Å². The Balaban J connectivity index is 2.73. The van der Waals surface area contributed by atoms with Gasteiger partial charge in [-0.05, 0) is 29.9 Å². The van der Waals surface area contributed by atoms with Gasteiger partial charge < -0.3 is 10.2 Å². The van der Waals surface area contributed by atoms with Crippen molar-refractivity contribution in [2.75, 3.05) is 14.1 Å². The maximum atomic E-state index is 12.2. The van der Waals surface area contributed by atoms with Gasteiger partial charge in [-0.1, -0.05) is 45.0 Å². The predicted molar refractivity (Wildman–Crippen MR) is 84.6 cm³/mol. The van der Waals surface area contributed by atoms with Gasteiger partial charge in [-0.3, -0.25) is 4.79 Å². The number of carbonyl (C=O) groups excluding carboxylic acids is 1. The molecule has 1 aromatic rings. The first kappa shape index (κ1) is 16.7. The fraction of sp³-hybridized carbons (Fsp3) is 0.588. The largest absolute Gasteiger partial charge is 0.347 e. The Kier molecular flexibility index (Phi) is 6.73. The van der Waals surface area contributed by atoms with Crippen molar-refractivity contribution in [3.05, 3.63) is 35.4 Å². The Morgan fingerprint density at radius 2 is 1.80 bits per heavy atom. The van der Waals surface area contributed by atoms with Crippen LogP contribution in [0.15, 0.2) is 24.3 Å². The van der Waals surface area contributed by atoms with Gasteiger partial charge in [0.2, 0.25) is 5.91 Å². The average Bonchev–Trinajstić information content (AvgIpc) is 2.42. The number of benzene rings is 1. The number of hydrogen-bond acceptors (Lipinski definition) is 2. The summed E-state index contributed by atoms with van der Waals surface area (Å²) in [5.74, 6) is 0.658. The summed E-state index contributed by atoms with van der Waals surface area (Å²) in [5.41, 5.74) is 2.64. The van der Waals surface area contributed by atoms with Gasteiger partial charge in [-0.25, -0.2) is 0 Å². The molecule has 0 aromatic heterocycles. The molecule has 1 unspecified atom stereocenters. The summed E-state index contributed by atoms with van der Waals surface area (Å²) < 4.78 is 0. The van der Waals surface area contributed by atoms with Crippen LogP contribution in [0.1, 0.15) is 38.3 Å². The first-order valence-corrected chi connectivity index (χ1v) is 7.47. The number of hydrogen-bond donors (Lipinski definition) is 1. The Hall–Kier alpha value is -1.35. The van der Waals surface area contributed by atoms with Crippen molar-refractivity contribution < 1.29 is 4.79 Å². The van der Waals surface area contributed by atoms with Crippen LogP contribution in [-0.2, 0) is 17.8 Å². The second kappa shape index (κ2) is 8.05. The number of nitrogens with one attached hydrogen (secondary N) is 1. The summed E-state index contributed by atoms with van der Waals surface area (Å²) in [5, 5.41) is 3.43. The molecule has 1 atom stereocenters. The van der Waals surface area contributed by atoms with Crippen molar-refractivity contribution in [2.45, 2.75) is 46.2 Å². The van der Waals surface area contributed by atoms with E-state index in [4.69, 9.17) is 0 Å². The summed E-state index contributed by atoms with van der Waals surface area (Å²) in [6, 6.07) is 8.32. The van der Waals surface area contributed by atoms with Crippen LogP contribution in [0.2, 0.25) is 0 Å². The van der Waals surface area contributed by atoms with E-state index < -0.39 is 0 Å². The maximum Gasteiger partial charge on any atom is 0.239 e. The van der Waals surface area contributed by atoms with Gasteiger partial charge in [-0.2, -0.15) is 0 Å². The van der Waals surface area contributed by atoms with Gasteiger partial charge in [0.15, 0.2) is 0 Å². The Bertz CT molecular complexity index is 427. The smallest absolute Gasteiger partial charge is 0.239 e. The maximum absolute atomic E-state index is 12.2. The fourth-order valence-electron chi connectivity index (χ4n) is 2.36. The van der Waals surface area contributed by atoms with Gasteiger partial charge in [-0.15, -0.1) is 0 Å². The Morgan fingerprint density at radius 1 is 1.20 bits per heavy atom. The van der Waals surface area contributed by atoms with E-state index in [-0.39, 0.29) is 11.9 Å². The molecule has 0 aliphatic heterocycles. The zero-order valence-corrected chi connectivity index (χ0v) is 13.4. The number of nitrogens with zero attached hydrogens (tertiary/aromatic N) is 1. The molecule has 3 heteroatoms. The van der Waals surface area contributed by atoms with Crippen LogP contribution < -0.4 is 5.32 Å². The monoisotopic (exact) mass is 276 g/mol. The molecule has 0 aliphatic rings. The number of amides is 1. The lowest BCUT2D eigenvalue weighted by Crippen LogP contribution is -2.44. The minimum Gasteiger partial charge on any atom is -0.347 e. The molecule has 0 spiro atoms. The highest BCUT2D eigenvalue weighted by Crippen LogP contribution is 2.12. The summed E-state index contributed by atoms with van der Waals surface area (Å²) in [6.07, 6.45) is 1.89. The SMILES string of the molecule is CCc1ccccc1CNC(CC(C)C)C(=O)N(C)C. The Labute approximate surface area is 123 Å². The molecule has 0 bridgehead atoms. The number of likely N-dealkylation sites (N-methyl/N-ethyl adjacent to an activating group) is 1. The topological polar surface area (TPSA) is 32.3 Å². The molecule has 0 radical (unpaired) electrons. The molecule has 0 aliphatic carbocycles. The van der Waals surface area contributed by atoms with Crippen LogP contribution in [0.25, 0.3) is 0 Å². The molecule has 3 nitrogen and oxygen atoms in total. The van der Waals surface area contributed by atoms with E-state index >= 15 is 0 Å². The molecular weight excluding hydrogens is 248 g/mol. The van der Waals surface area contributed by atoms with Crippen molar-refractivity contribution in [3.8, 4) is 0 Å². The molecule has 20 heavy (non-hydrogen) atoms. The zero-order valence-electron chi connectivity index (χ0n) is 13.4. The van der Waals surface area contributed by atoms with E-state index in [0.29, 0.717) is 5.92 Å². The molecule has 0 fully saturated rings. The van der Waals surface area contributed by atoms with E-state index in [0.717, 1.165) is 19.4 Å². The summed E-state index contributed by atoms with van der Waals surface area (Å²) >= 11 is 0. The van der Waals surface area contributed by atoms with Gasteiger partial charge in [0, 0.05) is 20.6 Å². The Morgan fingerprint density at radius 3 is 2.30 bits per heavy atom. The third-order valence-electron chi connectivity index (χ3n) is 3.48. The van der Waals surface area contributed by atoms with Gasteiger partial charge in [0.05, 0.1) is 6.04 Å². The quantitative estimate of drug-likeness (QED) is 0.830. The molecule has 0 saturated carbocycles. The van der Waals surface area contributed by atoms with E-state index in [1.807, 2.05) is 14.1 Å². The first-order valence-electron chi connectivity index (χ1n) is 7.47. The summed E-state index contributed by atoms with van der Waals surface area (Å²) in [6.45, 7) is 7.21. The minimum atomic E-state index is -0.102. The van der Waals surface area contributed by atoms with Crippen LogP contribution in [-0.4, -0.2) is 30.9 Å². The highest BCUT2D eigenvalue weighted by molar-refractivity contribution is 5.81. The van der Waals surface area contributed by atoms with Gasteiger partial charge >= 0.3 is 0 Å². The van der Waals surface area contributed by atoms with E-state index in [1.165, 1.54) is 11.1 Å². The highest BCUT2D eigenvalue weighted by atomic mass is 16.2. The van der Waals surface area contributed by atoms with Crippen LogP contribution in [0.5, 0.6) is 0 Å². The van der Waals surface area contributed by atoms with Crippen molar-refractivity contribution in [3.63, 3.8) is 0 Å². The minimum absolute atomic E-state index is 0.102. The first-order chi connectivity index (χ1) is 9.45. The van der Waals surface area contributed by atoms with E-state index in [9.17, 15) is 4.79 Å². The van der Waals surface area contributed by atoms with Gasteiger partial charge in [0.1, 0.15) is 0 Å². The van der Waals surface area contributed by atoms with Crippen LogP contribution >= 0.6 is 0 Å². The van der Waals surface area contributed by atoms with Crippen LogP contribution in [0.3, 0.4) is 0 Å². The van der Waals surface area contributed by atoms with Crippen molar-refractivity contribution in [2.24, 2.45) is 5.92 Å². The van der Waals surface area contributed by atoms with Crippen molar-refractivity contribution in [1.82, 2.24) is 10.2 Å². The molecule has 1 rings (SSSR count). The number of carbonyl (C=O) groups is 1. The molecule has 1 amide bonds. The summed E-state index contributed by atoms with van der Waals surface area (Å²) in [7, 11) is 3.63. The standard InChI is InChI=1S/C17H28N2O/c1-6-14-9-7-8-10-15(14)12-18-16(11-13(2)3)17(20)19(4)5/h7-10,13,16,18H,6,11-12H2,1-5H3.